The summed E-state index contributed by atoms with van der Waals surface area (Å²) in [4.78, 5) is 15.3. The van der Waals surface area contributed by atoms with E-state index in [0.29, 0.717) is 5.56 Å². The Morgan fingerprint density at radius 1 is 1.25 bits per heavy atom. The number of ether oxygens (including phenoxy) is 1. The Bertz CT molecular complexity index is 480. The molecular formula is C13H15NO2. The Balaban J connectivity index is 0.000000606. The van der Waals surface area contributed by atoms with Crippen LogP contribution in [0.2, 0.25) is 0 Å². The highest BCUT2D eigenvalue weighted by atomic mass is 16.5. The van der Waals surface area contributed by atoms with Crippen LogP contribution < -0.4 is 0 Å². The summed E-state index contributed by atoms with van der Waals surface area (Å²) < 4.78 is 4.61. The third kappa shape index (κ3) is 2.57. The second-order valence-electron chi connectivity index (χ2n) is 2.91. The van der Waals surface area contributed by atoms with E-state index in [-0.39, 0.29) is 5.97 Å². The van der Waals surface area contributed by atoms with Crippen LogP contribution in [0.3, 0.4) is 0 Å². The average molecular weight is 217 g/mol. The summed E-state index contributed by atoms with van der Waals surface area (Å²) >= 11 is 0. The van der Waals surface area contributed by atoms with E-state index >= 15 is 0 Å². The van der Waals surface area contributed by atoms with E-state index in [0.717, 1.165) is 10.9 Å². The Morgan fingerprint density at radius 3 is 2.62 bits per heavy atom. The van der Waals surface area contributed by atoms with E-state index in [1.807, 2.05) is 38.1 Å². The van der Waals surface area contributed by atoms with Gasteiger partial charge in [0.05, 0.1) is 18.2 Å². The van der Waals surface area contributed by atoms with Gasteiger partial charge in [-0.15, -0.1) is 0 Å². The molecule has 2 aromatic rings. The predicted molar refractivity (Wildman–Crippen MR) is 64.4 cm³/mol. The first-order chi connectivity index (χ1) is 7.81. The molecule has 0 aliphatic rings. The van der Waals surface area contributed by atoms with E-state index in [1.165, 1.54) is 13.3 Å². The third-order valence-electron chi connectivity index (χ3n) is 2.01. The van der Waals surface area contributed by atoms with E-state index in [9.17, 15) is 4.79 Å². The van der Waals surface area contributed by atoms with Crippen molar-refractivity contribution < 1.29 is 9.53 Å². The van der Waals surface area contributed by atoms with E-state index < -0.39 is 0 Å². The number of carbonyl (C=O) groups excluding carboxylic acids is 1. The molecule has 3 nitrogen and oxygen atoms in total. The summed E-state index contributed by atoms with van der Waals surface area (Å²) in [5.41, 5.74) is 1.35. The van der Waals surface area contributed by atoms with Crippen molar-refractivity contribution in [2.24, 2.45) is 0 Å². The molecular weight excluding hydrogens is 202 g/mol. The maximum absolute atomic E-state index is 11.2. The molecule has 16 heavy (non-hydrogen) atoms. The molecule has 0 unspecified atom stereocenters. The van der Waals surface area contributed by atoms with Crippen LogP contribution in [0.25, 0.3) is 10.9 Å². The minimum atomic E-state index is -0.358. The molecule has 0 spiro atoms. The minimum absolute atomic E-state index is 0.358. The number of rotatable bonds is 1. The fourth-order valence-electron chi connectivity index (χ4n) is 1.30. The normalized spacial score (nSPS) is 9.19. The number of esters is 1. The molecule has 1 heterocycles. The van der Waals surface area contributed by atoms with Crippen LogP contribution in [0, 0.1) is 0 Å². The smallest absolute Gasteiger partial charge is 0.339 e. The lowest BCUT2D eigenvalue weighted by atomic mass is 10.2. The van der Waals surface area contributed by atoms with Crippen molar-refractivity contribution in [1.82, 2.24) is 4.98 Å². The number of hydrogen-bond donors (Lipinski definition) is 0. The van der Waals surface area contributed by atoms with Gasteiger partial charge in [0.1, 0.15) is 0 Å². The molecule has 0 N–H and O–H groups in total. The van der Waals surface area contributed by atoms with Crippen LogP contribution >= 0.6 is 0 Å². The van der Waals surface area contributed by atoms with Gasteiger partial charge in [0.2, 0.25) is 0 Å². The van der Waals surface area contributed by atoms with Gasteiger partial charge in [0.15, 0.2) is 0 Å². The number of fused-ring (bicyclic) bond motifs is 1. The Hall–Kier alpha value is -1.90. The van der Waals surface area contributed by atoms with E-state index in [4.69, 9.17) is 0 Å². The number of para-hydroxylation sites is 1. The van der Waals surface area contributed by atoms with Crippen molar-refractivity contribution in [2.75, 3.05) is 7.11 Å². The fourth-order valence-corrected chi connectivity index (χ4v) is 1.30. The largest absolute Gasteiger partial charge is 0.465 e. The van der Waals surface area contributed by atoms with Crippen molar-refractivity contribution in [1.29, 1.82) is 0 Å². The van der Waals surface area contributed by atoms with E-state index in [1.54, 1.807) is 6.07 Å². The standard InChI is InChI=1S/C11H9NO2.C2H6/c1-14-11(13)9-6-8-4-2-3-5-10(8)12-7-9;1-2/h2-7H,1H3;1-2H3. The Labute approximate surface area is 95.1 Å². The first kappa shape index (κ1) is 12.2. The molecule has 0 radical (unpaired) electrons. The number of aromatic nitrogens is 1. The maximum Gasteiger partial charge on any atom is 0.339 e. The predicted octanol–water partition coefficient (Wildman–Crippen LogP) is 3.05. The monoisotopic (exact) mass is 217 g/mol. The lowest BCUT2D eigenvalue weighted by molar-refractivity contribution is 0.0600. The van der Waals surface area contributed by atoms with Gasteiger partial charge in [-0.25, -0.2) is 4.79 Å². The van der Waals surface area contributed by atoms with Crippen LogP contribution in [0.5, 0.6) is 0 Å². The van der Waals surface area contributed by atoms with Crippen LogP contribution in [0.15, 0.2) is 36.5 Å². The van der Waals surface area contributed by atoms with Crippen LogP contribution in [0.1, 0.15) is 24.2 Å². The number of nitrogens with zero attached hydrogens (tertiary/aromatic N) is 1. The average Bonchev–Trinajstić information content (AvgIpc) is 2.39. The van der Waals surface area contributed by atoms with E-state index in [2.05, 4.69) is 9.72 Å². The van der Waals surface area contributed by atoms with Gasteiger partial charge in [0, 0.05) is 11.6 Å². The van der Waals surface area contributed by atoms with Gasteiger partial charge in [-0.05, 0) is 12.1 Å². The maximum atomic E-state index is 11.2. The van der Waals surface area contributed by atoms with Crippen molar-refractivity contribution in [2.45, 2.75) is 13.8 Å². The molecule has 0 atom stereocenters. The highest BCUT2D eigenvalue weighted by molar-refractivity contribution is 5.93. The molecule has 0 aliphatic carbocycles. The quantitative estimate of drug-likeness (QED) is 0.689. The Morgan fingerprint density at radius 2 is 1.94 bits per heavy atom. The van der Waals surface area contributed by atoms with Gasteiger partial charge < -0.3 is 4.74 Å². The van der Waals surface area contributed by atoms with Crippen LogP contribution in [-0.4, -0.2) is 18.1 Å². The summed E-state index contributed by atoms with van der Waals surface area (Å²) in [7, 11) is 1.36. The second kappa shape index (κ2) is 5.85. The zero-order valence-electron chi connectivity index (χ0n) is 9.73. The first-order valence-electron chi connectivity index (χ1n) is 5.24. The van der Waals surface area contributed by atoms with Gasteiger partial charge in [-0.2, -0.15) is 0 Å². The van der Waals surface area contributed by atoms with Gasteiger partial charge in [-0.1, -0.05) is 32.0 Å². The van der Waals surface area contributed by atoms with Crippen molar-refractivity contribution in [3.8, 4) is 0 Å². The zero-order valence-corrected chi connectivity index (χ0v) is 9.73. The molecule has 3 heteroatoms. The highest BCUT2D eigenvalue weighted by Crippen LogP contribution is 2.12. The molecule has 0 bridgehead atoms. The number of carbonyl (C=O) groups is 1. The van der Waals surface area contributed by atoms with Crippen molar-refractivity contribution in [3.63, 3.8) is 0 Å². The summed E-state index contributed by atoms with van der Waals surface area (Å²) in [5, 5.41) is 0.940. The SMILES string of the molecule is CC.COC(=O)c1cnc2ccccc2c1. The summed E-state index contributed by atoms with van der Waals surface area (Å²) in [5.74, 6) is -0.358. The van der Waals surface area contributed by atoms with Crippen molar-refractivity contribution >= 4 is 16.9 Å². The number of hydrogen-bond acceptors (Lipinski definition) is 3. The van der Waals surface area contributed by atoms with Crippen molar-refractivity contribution in [3.05, 3.63) is 42.1 Å². The molecule has 0 fully saturated rings. The molecule has 1 aromatic carbocycles. The fraction of sp³-hybridized carbons (Fsp3) is 0.231. The molecule has 2 rings (SSSR count). The molecule has 0 amide bonds. The summed E-state index contributed by atoms with van der Waals surface area (Å²) in [6.07, 6.45) is 1.52. The lowest BCUT2D eigenvalue weighted by Crippen LogP contribution is -2.01. The summed E-state index contributed by atoms with van der Waals surface area (Å²) in [6, 6.07) is 9.40. The van der Waals surface area contributed by atoms with Crippen LogP contribution in [-0.2, 0) is 4.74 Å². The zero-order chi connectivity index (χ0) is 12.0. The first-order valence-corrected chi connectivity index (χ1v) is 5.24. The van der Waals surface area contributed by atoms with Gasteiger partial charge in [-0.3, -0.25) is 4.98 Å². The van der Waals surface area contributed by atoms with Crippen LogP contribution in [0.4, 0.5) is 0 Å². The lowest BCUT2D eigenvalue weighted by Gasteiger charge is -2.00. The second-order valence-corrected chi connectivity index (χ2v) is 2.91. The molecule has 1 aromatic heterocycles. The number of pyridine rings is 1. The van der Waals surface area contributed by atoms with Gasteiger partial charge >= 0.3 is 5.97 Å². The molecule has 0 saturated heterocycles. The number of benzene rings is 1. The minimum Gasteiger partial charge on any atom is -0.465 e. The molecule has 0 saturated carbocycles. The Kier molecular flexibility index (Phi) is 4.45. The summed E-state index contributed by atoms with van der Waals surface area (Å²) in [6.45, 7) is 4.00. The van der Waals surface area contributed by atoms with Gasteiger partial charge in [0.25, 0.3) is 0 Å². The molecule has 0 aliphatic heterocycles. The topological polar surface area (TPSA) is 39.2 Å². The highest BCUT2D eigenvalue weighted by Gasteiger charge is 2.05. The molecule has 84 valence electrons. The number of methoxy groups -OCH3 is 1. The third-order valence-corrected chi connectivity index (χ3v) is 2.01.